The highest BCUT2D eigenvalue weighted by Crippen LogP contribution is 2.66. The maximum absolute atomic E-state index is 15.1. The molecule has 8 nitrogen and oxygen atoms in total. The molecule has 0 aromatic heterocycles. The van der Waals surface area contributed by atoms with E-state index in [1.165, 1.54) is 0 Å². The molecule has 4 aliphatic rings. The van der Waals surface area contributed by atoms with Gasteiger partial charge >= 0.3 is 0 Å². The summed E-state index contributed by atoms with van der Waals surface area (Å²) in [6.45, 7) is 13.0. The number of amides is 3. The molecule has 46 heavy (non-hydrogen) atoms. The predicted octanol–water partition coefficient (Wildman–Crippen LogP) is 5.30. The number of likely N-dealkylation sites (tertiary alicyclic amines) is 1. The molecule has 2 saturated heterocycles. The number of carbonyl (C=O) groups is 3. The molecule has 9 heteroatoms. The van der Waals surface area contributed by atoms with Gasteiger partial charge < -0.3 is 24.5 Å². The smallest absolute Gasteiger partial charge is 0.251 e. The summed E-state index contributed by atoms with van der Waals surface area (Å²) in [5.74, 6) is -1.38. The highest BCUT2D eigenvalue weighted by Gasteiger charge is 2.74. The number of aliphatic hydroxyl groups is 1. The van der Waals surface area contributed by atoms with E-state index in [2.05, 4.69) is 6.08 Å². The Morgan fingerprint density at radius 3 is 2.20 bits per heavy atom. The number of aliphatic hydroxyl groups excluding tert-OH is 1. The van der Waals surface area contributed by atoms with Crippen molar-refractivity contribution < 1.29 is 24.2 Å². The van der Waals surface area contributed by atoms with Crippen LogP contribution in [0.25, 0.3) is 0 Å². The minimum atomic E-state index is -0.998. The molecular formula is C37H45N3O5S. The second-order valence-electron chi connectivity index (χ2n) is 13.2. The number of benzene rings is 2. The van der Waals surface area contributed by atoms with Gasteiger partial charge in [-0.3, -0.25) is 14.4 Å². The van der Waals surface area contributed by atoms with Crippen molar-refractivity contribution in [2.75, 3.05) is 36.1 Å². The van der Waals surface area contributed by atoms with Crippen molar-refractivity contribution in [2.24, 2.45) is 17.8 Å². The third kappa shape index (κ3) is 4.89. The highest BCUT2D eigenvalue weighted by molar-refractivity contribution is 8.02. The number of nitrogens with zero attached hydrogens (tertiary/aromatic N) is 3. The van der Waals surface area contributed by atoms with Gasteiger partial charge in [0, 0.05) is 29.2 Å². The lowest BCUT2D eigenvalue weighted by atomic mass is 9.74. The van der Waals surface area contributed by atoms with E-state index in [4.69, 9.17) is 4.74 Å². The van der Waals surface area contributed by atoms with Gasteiger partial charge in [0.15, 0.2) is 0 Å². The molecule has 2 aromatic carbocycles. The highest BCUT2D eigenvalue weighted by atomic mass is 32.2. The second kappa shape index (κ2) is 12.2. The predicted molar refractivity (Wildman–Crippen MR) is 183 cm³/mol. The molecule has 1 unspecified atom stereocenters. The van der Waals surface area contributed by atoms with E-state index in [1.54, 1.807) is 26.5 Å². The van der Waals surface area contributed by atoms with Gasteiger partial charge in [-0.25, -0.2) is 0 Å². The summed E-state index contributed by atoms with van der Waals surface area (Å²) in [7, 11) is 0. The Bertz CT molecular complexity index is 1570. The number of para-hydroxylation sites is 1. The Labute approximate surface area is 276 Å². The maximum Gasteiger partial charge on any atom is 0.251 e. The van der Waals surface area contributed by atoms with Gasteiger partial charge in [-0.1, -0.05) is 62.8 Å². The van der Waals surface area contributed by atoms with E-state index in [0.29, 0.717) is 19.7 Å². The van der Waals surface area contributed by atoms with Crippen LogP contribution in [0.4, 0.5) is 11.4 Å². The standard InChI is InChI=1S/C37H45N3O5S/c1-7-23(3)28(22-41)40-32-35(44)39(31-24(4)12-9-13-25(31)5)21-11-19-37(32)30(34(40)43)29-33(42)38(20-10-18-36(29,6)46-37)26-14-16-27(17-15-26)45-8-2/h9-19,23,28-30,32,41H,7-8,20-22H2,1-6H3/t23-,28-,29-,30-,32?,36+,37-/m0/s1. The Morgan fingerprint density at radius 2 is 1.57 bits per heavy atom. The molecule has 7 atom stereocenters. The number of rotatable bonds is 8. The lowest BCUT2D eigenvalue weighted by Gasteiger charge is -2.41. The average molecular weight is 644 g/mol. The topological polar surface area (TPSA) is 90.4 Å². The molecular weight excluding hydrogens is 598 g/mol. The van der Waals surface area contributed by atoms with Crippen molar-refractivity contribution in [3.63, 3.8) is 0 Å². The maximum atomic E-state index is 15.1. The molecule has 1 N–H and O–H groups in total. The molecule has 0 radical (unpaired) electrons. The summed E-state index contributed by atoms with van der Waals surface area (Å²) < 4.78 is 3.90. The second-order valence-corrected chi connectivity index (χ2v) is 15.0. The van der Waals surface area contributed by atoms with Crippen LogP contribution >= 0.6 is 11.8 Å². The van der Waals surface area contributed by atoms with Crippen molar-refractivity contribution in [1.29, 1.82) is 0 Å². The molecule has 0 bridgehead atoms. The first-order valence-electron chi connectivity index (χ1n) is 16.4. The van der Waals surface area contributed by atoms with Crippen LogP contribution in [0.2, 0.25) is 0 Å². The van der Waals surface area contributed by atoms with E-state index < -0.39 is 33.4 Å². The largest absolute Gasteiger partial charge is 0.494 e. The molecule has 3 amide bonds. The molecule has 2 aromatic rings. The fourth-order valence-electron chi connectivity index (χ4n) is 8.19. The first-order valence-corrected chi connectivity index (χ1v) is 17.2. The van der Waals surface area contributed by atoms with Gasteiger partial charge in [0.1, 0.15) is 11.8 Å². The number of anilines is 2. The molecule has 0 saturated carbocycles. The Kier molecular flexibility index (Phi) is 8.61. The fourth-order valence-corrected chi connectivity index (χ4v) is 10.3. The zero-order valence-electron chi connectivity index (χ0n) is 27.6. The summed E-state index contributed by atoms with van der Waals surface area (Å²) >= 11 is 1.57. The first kappa shape index (κ1) is 32.4. The third-order valence-corrected chi connectivity index (χ3v) is 12.3. The minimum Gasteiger partial charge on any atom is -0.494 e. The lowest BCUT2D eigenvalue weighted by molar-refractivity contribution is -0.143. The quantitative estimate of drug-likeness (QED) is 0.393. The first-order chi connectivity index (χ1) is 22.0. The van der Waals surface area contributed by atoms with Gasteiger partial charge in [-0.2, -0.15) is 0 Å². The zero-order valence-corrected chi connectivity index (χ0v) is 28.4. The van der Waals surface area contributed by atoms with Crippen molar-refractivity contribution in [3.8, 4) is 5.75 Å². The van der Waals surface area contributed by atoms with E-state index in [-0.39, 0.29) is 30.2 Å². The van der Waals surface area contributed by atoms with Gasteiger partial charge in [0.05, 0.1) is 35.8 Å². The van der Waals surface area contributed by atoms with Crippen LogP contribution in [-0.4, -0.2) is 75.6 Å². The average Bonchev–Trinajstić information content (AvgIpc) is 3.30. The molecule has 4 heterocycles. The van der Waals surface area contributed by atoms with E-state index in [9.17, 15) is 9.90 Å². The summed E-state index contributed by atoms with van der Waals surface area (Å²) in [6, 6.07) is 12.0. The van der Waals surface area contributed by atoms with Crippen LogP contribution in [0.15, 0.2) is 66.8 Å². The molecule has 2 fully saturated rings. The van der Waals surface area contributed by atoms with Gasteiger partial charge in [0.2, 0.25) is 11.8 Å². The van der Waals surface area contributed by atoms with Crippen LogP contribution in [0, 0.1) is 31.6 Å². The fraction of sp³-hybridized carbons (Fsp3) is 0.486. The molecule has 4 aliphatic heterocycles. The van der Waals surface area contributed by atoms with Crippen molar-refractivity contribution in [2.45, 2.75) is 69.5 Å². The van der Waals surface area contributed by atoms with Crippen molar-refractivity contribution in [1.82, 2.24) is 4.90 Å². The number of hydrogen-bond acceptors (Lipinski definition) is 6. The normalized spacial score (nSPS) is 30.1. The Hall–Kier alpha value is -3.56. The lowest BCUT2D eigenvalue weighted by Crippen LogP contribution is -2.58. The number of fused-ring (bicyclic) bond motifs is 2. The zero-order chi connectivity index (χ0) is 33.0. The van der Waals surface area contributed by atoms with Crippen LogP contribution in [0.3, 0.4) is 0 Å². The summed E-state index contributed by atoms with van der Waals surface area (Å²) in [5.41, 5.74) is 3.53. The Morgan fingerprint density at radius 1 is 0.913 bits per heavy atom. The van der Waals surface area contributed by atoms with E-state index in [0.717, 1.165) is 34.7 Å². The number of carbonyl (C=O) groups excluding carboxylic acids is 3. The molecule has 244 valence electrons. The summed E-state index contributed by atoms with van der Waals surface area (Å²) in [4.78, 5) is 50.1. The number of ether oxygens (including phenoxy) is 1. The van der Waals surface area contributed by atoms with Gasteiger partial charge in [-0.15, -0.1) is 11.8 Å². The SMILES string of the molecule is CCOc1ccc(N2CC=C[C@@]3(C)S[C@]45C=CCN(c6c(C)cccc6C)C(=O)C4N([C@@H](CO)[C@@H](C)CC)C(=O)[C@@H]5[C@H]3C2=O)cc1. The monoisotopic (exact) mass is 643 g/mol. The van der Waals surface area contributed by atoms with Crippen LogP contribution < -0.4 is 14.5 Å². The Balaban J connectivity index is 1.49. The number of aryl methyl sites for hydroxylation is 2. The number of thioether (sulfide) groups is 1. The third-order valence-electron chi connectivity index (χ3n) is 10.5. The van der Waals surface area contributed by atoms with E-state index in [1.807, 2.05) is 102 Å². The number of hydrogen-bond donors (Lipinski definition) is 1. The molecule has 6 rings (SSSR count). The van der Waals surface area contributed by atoms with Crippen molar-refractivity contribution in [3.05, 3.63) is 77.9 Å². The van der Waals surface area contributed by atoms with Gasteiger partial charge in [-0.05, 0) is 69.0 Å². The summed E-state index contributed by atoms with van der Waals surface area (Å²) in [6.07, 6.45) is 8.86. The van der Waals surface area contributed by atoms with Crippen LogP contribution in [0.1, 0.15) is 45.2 Å². The van der Waals surface area contributed by atoms with E-state index >= 15 is 9.59 Å². The van der Waals surface area contributed by atoms with Crippen LogP contribution in [-0.2, 0) is 14.4 Å². The molecule has 0 aliphatic carbocycles. The molecule has 1 spiro atoms. The van der Waals surface area contributed by atoms with Crippen LogP contribution in [0.5, 0.6) is 5.75 Å². The minimum absolute atomic E-state index is 0.0556. The summed E-state index contributed by atoms with van der Waals surface area (Å²) in [5, 5.41) is 10.8. The van der Waals surface area contributed by atoms with Crippen molar-refractivity contribution >= 4 is 40.9 Å². The van der Waals surface area contributed by atoms with Gasteiger partial charge in [0.25, 0.3) is 5.91 Å².